The molecule has 0 bridgehead atoms. The molecule has 2 heterocycles. The fourth-order valence-corrected chi connectivity index (χ4v) is 10.9. The van der Waals surface area contributed by atoms with Crippen LogP contribution in [-0.4, -0.2) is 45.4 Å². The van der Waals surface area contributed by atoms with Gasteiger partial charge in [0.25, 0.3) is 0 Å². The summed E-state index contributed by atoms with van der Waals surface area (Å²) in [6, 6.07) is 31.2. The van der Waals surface area contributed by atoms with Gasteiger partial charge in [0.15, 0.2) is 11.6 Å². The number of halogens is 2. The molecule has 0 unspecified atom stereocenters. The van der Waals surface area contributed by atoms with Crippen LogP contribution in [0.15, 0.2) is 97.1 Å². The Morgan fingerprint density at radius 3 is 1.37 bits per heavy atom. The zero-order valence-corrected chi connectivity index (χ0v) is 37.0. The molecule has 6 aromatic rings. The van der Waals surface area contributed by atoms with Gasteiger partial charge in [-0.05, 0) is 99.6 Å². The summed E-state index contributed by atoms with van der Waals surface area (Å²) in [5.41, 5.74) is 4.19. The molecule has 60 heavy (non-hydrogen) atoms. The van der Waals surface area contributed by atoms with Crippen molar-refractivity contribution in [3.05, 3.63) is 128 Å². The molecule has 0 aliphatic heterocycles. The number of benzene rings is 4. The second-order valence-corrected chi connectivity index (χ2v) is 19.1. The van der Waals surface area contributed by atoms with E-state index in [-0.39, 0.29) is 35.2 Å². The topological polar surface area (TPSA) is 118 Å². The van der Waals surface area contributed by atoms with Crippen molar-refractivity contribution in [1.29, 1.82) is 0 Å². The van der Waals surface area contributed by atoms with Crippen molar-refractivity contribution in [2.45, 2.75) is 102 Å². The van der Waals surface area contributed by atoms with Crippen LogP contribution in [0.3, 0.4) is 0 Å². The number of aromatic nitrogens is 2. The lowest BCUT2D eigenvalue weighted by atomic mass is 9.96. The lowest BCUT2D eigenvalue weighted by Crippen LogP contribution is -2.41. The van der Waals surface area contributed by atoms with E-state index in [9.17, 15) is 19.2 Å². The van der Waals surface area contributed by atoms with Crippen molar-refractivity contribution in [2.24, 2.45) is 11.8 Å². The van der Waals surface area contributed by atoms with Gasteiger partial charge in [0, 0.05) is 37.5 Å². The number of nitrogens with one attached hydrogen (secondary N) is 2. The smallest absolute Gasteiger partial charge is 0.223 e. The molecule has 2 amide bonds. The van der Waals surface area contributed by atoms with E-state index in [1.165, 1.54) is 11.1 Å². The Hall–Kier alpha value is -4.48. The number of nitrogens with zero attached hydrogens (tertiary/aromatic N) is 2. The van der Waals surface area contributed by atoms with Crippen LogP contribution in [0.5, 0.6) is 0 Å². The highest BCUT2D eigenvalue weighted by Gasteiger charge is 2.33. The van der Waals surface area contributed by atoms with Gasteiger partial charge in [-0.15, -0.1) is 22.7 Å². The molecule has 6 atom stereocenters. The minimum atomic E-state index is -0.480. The number of carbonyl (C=O) groups excluding carboxylic acids is 4. The molecule has 0 spiro atoms. The number of Topliss-reactive ketones (excluding diaryl/α,β-unsaturated/α-hetero) is 2. The Balaban J connectivity index is 0.000000181. The van der Waals surface area contributed by atoms with Crippen LogP contribution in [0, 0.1) is 11.8 Å². The van der Waals surface area contributed by atoms with Gasteiger partial charge in [-0.2, -0.15) is 0 Å². The summed E-state index contributed by atoms with van der Waals surface area (Å²) in [6.45, 7) is 3.55. The van der Waals surface area contributed by atoms with Crippen molar-refractivity contribution >= 4 is 89.7 Å². The van der Waals surface area contributed by atoms with E-state index in [2.05, 4.69) is 44.9 Å². The molecule has 2 aliphatic carbocycles. The maximum atomic E-state index is 12.7. The first kappa shape index (κ1) is 43.6. The number of amides is 2. The highest BCUT2D eigenvalue weighted by molar-refractivity contribution is 7.19. The average molecular weight is 882 g/mol. The van der Waals surface area contributed by atoms with Crippen LogP contribution in [0.2, 0.25) is 10.0 Å². The van der Waals surface area contributed by atoms with Gasteiger partial charge in [0.1, 0.15) is 11.0 Å². The van der Waals surface area contributed by atoms with Gasteiger partial charge in [-0.1, -0.05) is 96.0 Å². The predicted octanol–water partition coefficient (Wildman–Crippen LogP) is 11.1. The fourth-order valence-electron chi connectivity index (χ4n) is 8.35. The standard InChI is InChI=1S/2C24H25ClN2O2S/c2*1-15(20(28)12-13-22-27-23-19(25)8-5-9-21(23)30-22)26-24(29)18-11-10-17(14-18)16-6-3-2-4-7-16/h2*2-9,15,17-18H,10-14H2,1H3,(H,26,29)/t2*15-,17+,18+/m00/s1. The van der Waals surface area contributed by atoms with Crippen molar-refractivity contribution in [1.82, 2.24) is 20.6 Å². The second-order valence-electron chi connectivity index (χ2n) is 16.0. The van der Waals surface area contributed by atoms with Crippen LogP contribution < -0.4 is 10.6 Å². The molecule has 4 aromatic carbocycles. The summed E-state index contributed by atoms with van der Waals surface area (Å²) in [5.74, 6) is 0.895. The number of carbonyl (C=O) groups is 4. The van der Waals surface area contributed by atoms with Gasteiger partial charge >= 0.3 is 0 Å². The molecule has 2 fully saturated rings. The normalized spacial score (nSPS) is 19.7. The SMILES string of the molecule is C[C@H](NC(=O)[C@@H]1CC[C@@H](c2ccccc2)C1)C(=O)CCc1nc2c(Cl)cccc2s1.C[C@H](NC(=O)[C@@H]1CC[C@@H](c2ccccc2)C1)C(=O)CCc1nc2c(Cl)cccc2s1. The molecule has 312 valence electrons. The molecular weight excluding hydrogens is 832 g/mol. The van der Waals surface area contributed by atoms with E-state index in [1.54, 1.807) is 36.5 Å². The molecule has 0 radical (unpaired) electrons. The first-order valence-corrected chi connectivity index (χ1v) is 23.2. The fraction of sp³-hybridized carbons (Fsp3) is 0.375. The Morgan fingerprint density at radius 1 is 0.583 bits per heavy atom. The number of hydrogen-bond donors (Lipinski definition) is 2. The molecule has 0 saturated heterocycles. The van der Waals surface area contributed by atoms with Crippen LogP contribution in [-0.2, 0) is 32.0 Å². The maximum absolute atomic E-state index is 12.7. The van der Waals surface area contributed by atoms with E-state index in [0.717, 1.165) is 69.0 Å². The Kier molecular flexibility index (Phi) is 14.8. The van der Waals surface area contributed by atoms with Gasteiger partial charge in [-0.25, -0.2) is 9.97 Å². The third-order valence-electron chi connectivity index (χ3n) is 11.8. The summed E-state index contributed by atoms with van der Waals surface area (Å²) in [4.78, 5) is 59.6. The lowest BCUT2D eigenvalue weighted by Gasteiger charge is -2.16. The zero-order chi connectivity index (χ0) is 42.2. The Labute approximate surface area is 369 Å². The number of ketones is 2. The van der Waals surface area contributed by atoms with Crippen LogP contribution in [0.4, 0.5) is 0 Å². The van der Waals surface area contributed by atoms with Gasteiger partial charge in [0.2, 0.25) is 11.8 Å². The maximum Gasteiger partial charge on any atom is 0.223 e. The third-order valence-corrected chi connectivity index (χ3v) is 14.6. The van der Waals surface area contributed by atoms with E-state index >= 15 is 0 Å². The molecule has 8 nitrogen and oxygen atoms in total. The number of hydrogen-bond acceptors (Lipinski definition) is 8. The average Bonchev–Trinajstić information content (AvgIpc) is 4.10. The van der Waals surface area contributed by atoms with Gasteiger partial charge < -0.3 is 10.6 Å². The predicted molar refractivity (Wildman–Crippen MR) is 244 cm³/mol. The number of thiazole rings is 2. The summed E-state index contributed by atoms with van der Waals surface area (Å²) in [6.07, 6.45) is 7.33. The quantitative estimate of drug-likeness (QED) is 0.112. The van der Waals surface area contributed by atoms with Crippen molar-refractivity contribution in [2.75, 3.05) is 0 Å². The summed E-state index contributed by atoms with van der Waals surface area (Å²) in [7, 11) is 0. The highest BCUT2D eigenvalue weighted by atomic mass is 35.5. The Bertz CT molecular complexity index is 2270. The lowest BCUT2D eigenvalue weighted by molar-refractivity contribution is -0.129. The van der Waals surface area contributed by atoms with E-state index < -0.39 is 12.1 Å². The van der Waals surface area contributed by atoms with Crippen molar-refractivity contribution in [3.8, 4) is 0 Å². The van der Waals surface area contributed by atoms with Crippen molar-refractivity contribution < 1.29 is 19.2 Å². The van der Waals surface area contributed by atoms with E-state index in [1.807, 2.05) is 72.8 Å². The molecular formula is C48H50Cl2N4O4S2. The number of para-hydroxylation sites is 2. The third kappa shape index (κ3) is 11.1. The zero-order valence-electron chi connectivity index (χ0n) is 33.9. The van der Waals surface area contributed by atoms with Gasteiger partial charge in [-0.3, -0.25) is 19.2 Å². The number of aryl methyl sites for hydroxylation is 2. The minimum absolute atomic E-state index is 0.000972. The van der Waals surface area contributed by atoms with Crippen LogP contribution in [0.25, 0.3) is 20.4 Å². The molecule has 2 saturated carbocycles. The molecule has 2 aliphatic rings. The van der Waals surface area contributed by atoms with Crippen molar-refractivity contribution in [3.63, 3.8) is 0 Å². The van der Waals surface area contributed by atoms with E-state index in [0.29, 0.717) is 47.6 Å². The number of fused-ring (bicyclic) bond motifs is 2. The Morgan fingerprint density at radius 2 is 0.983 bits per heavy atom. The largest absolute Gasteiger partial charge is 0.346 e. The molecule has 2 N–H and O–H groups in total. The molecule has 2 aromatic heterocycles. The van der Waals surface area contributed by atoms with E-state index in [4.69, 9.17) is 23.2 Å². The summed E-state index contributed by atoms with van der Waals surface area (Å²) < 4.78 is 2.06. The van der Waals surface area contributed by atoms with Gasteiger partial charge in [0.05, 0.1) is 41.5 Å². The highest BCUT2D eigenvalue weighted by Crippen LogP contribution is 2.39. The summed E-state index contributed by atoms with van der Waals surface area (Å²) >= 11 is 15.5. The first-order chi connectivity index (χ1) is 29.0. The molecule has 12 heteroatoms. The number of rotatable bonds is 14. The molecule has 8 rings (SSSR count). The van der Waals surface area contributed by atoms with Crippen LogP contribution >= 0.6 is 45.9 Å². The summed E-state index contributed by atoms with van der Waals surface area (Å²) in [5, 5.41) is 8.93. The first-order valence-electron chi connectivity index (χ1n) is 20.9. The minimum Gasteiger partial charge on any atom is -0.346 e. The van der Waals surface area contributed by atoms with Crippen LogP contribution in [0.1, 0.15) is 98.2 Å². The monoisotopic (exact) mass is 880 g/mol. The second kappa shape index (κ2) is 20.4.